The minimum absolute atomic E-state index is 0.134. The van der Waals surface area contributed by atoms with E-state index in [-0.39, 0.29) is 11.4 Å². The summed E-state index contributed by atoms with van der Waals surface area (Å²) in [6.07, 6.45) is -4.44. The largest absolute Gasteiger partial charge is 0.493 e. The van der Waals surface area contributed by atoms with Gasteiger partial charge in [-0.3, -0.25) is 5.10 Å². The maximum absolute atomic E-state index is 12.9. The maximum atomic E-state index is 12.9. The maximum Gasteiger partial charge on any atom is 0.416 e. The van der Waals surface area contributed by atoms with Crippen molar-refractivity contribution in [1.82, 2.24) is 15.2 Å². The highest BCUT2D eigenvalue weighted by Gasteiger charge is 2.30. The number of H-pyrrole nitrogens is 1. The average molecular weight is 392 g/mol. The van der Waals surface area contributed by atoms with E-state index >= 15 is 0 Å². The van der Waals surface area contributed by atoms with E-state index in [1.807, 2.05) is 6.92 Å². The summed E-state index contributed by atoms with van der Waals surface area (Å²) in [5.41, 5.74) is 6.41. The number of nitrogens with one attached hydrogen (secondary N) is 1. The summed E-state index contributed by atoms with van der Waals surface area (Å²) in [6, 6.07) is 9.37. The predicted molar refractivity (Wildman–Crippen MR) is 97.0 cm³/mol. The Labute approximate surface area is 159 Å². The summed E-state index contributed by atoms with van der Waals surface area (Å²) in [7, 11) is 1.52. The summed E-state index contributed by atoms with van der Waals surface area (Å²) in [5, 5.41) is 6.70. The highest BCUT2D eigenvalue weighted by molar-refractivity contribution is 5.56. The molecule has 3 rings (SSSR count). The molecular formula is C19H19F3N4O2. The summed E-state index contributed by atoms with van der Waals surface area (Å²) in [4.78, 5) is 4.26. The van der Waals surface area contributed by atoms with Gasteiger partial charge in [-0.15, -0.1) is 0 Å². The number of aromatic nitrogens is 3. The zero-order chi connectivity index (χ0) is 20.3. The molecule has 9 heteroatoms. The van der Waals surface area contributed by atoms with E-state index in [0.717, 1.165) is 12.1 Å². The topological polar surface area (TPSA) is 86.0 Å². The number of rotatable bonds is 6. The van der Waals surface area contributed by atoms with Crippen LogP contribution in [0.15, 0.2) is 42.5 Å². The first-order valence-corrected chi connectivity index (χ1v) is 8.49. The van der Waals surface area contributed by atoms with Gasteiger partial charge in [0, 0.05) is 5.56 Å². The third-order valence-electron chi connectivity index (χ3n) is 4.09. The van der Waals surface area contributed by atoms with Crippen LogP contribution in [0.1, 0.15) is 29.9 Å². The van der Waals surface area contributed by atoms with Gasteiger partial charge in [-0.05, 0) is 36.8 Å². The van der Waals surface area contributed by atoms with Crippen molar-refractivity contribution in [2.24, 2.45) is 5.73 Å². The van der Waals surface area contributed by atoms with Gasteiger partial charge in [0.15, 0.2) is 17.3 Å². The van der Waals surface area contributed by atoms with Crippen LogP contribution in [0.25, 0.3) is 11.4 Å². The van der Waals surface area contributed by atoms with E-state index in [0.29, 0.717) is 29.5 Å². The Hall–Kier alpha value is -3.07. The van der Waals surface area contributed by atoms with Gasteiger partial charge < -0.3 is 15.2 Å². The van der Waals surface area contributed by atoms with Crippen LogP contribution in [0.2, 0.25) is 0 Å². The minimum atomic E-state index is -4.44. The van der Waals surface area contributed by atoms with Crippen molar-refractivity contribution < 1.29 is 22.6 Å². The van der Waals surface area contributed by atoms with E-state index < -0.39 is 17.8 Å². The van der Waals surface area contributed by atoms with Crippen LogP contribution in [-0.4, -0.2) is 28.9 Å². The number of hydrogen-bond donors (Lipinski definition) is 2. The molecule has 0 bridgehead atoms. The molecule has 1 aromatic heterocycles. The quantitative estimate of drug-likeness (QED) is 0.664. The SMILES string of the molecule is CCOc1ccc(C(N)c2nc(-c3cccc(C(F)(F)F)c3)n[nH]2)cc1OC. The van der Waals surface area contributed by atoms with E-state index in [1.54, 1.807) is 18.2 Å². The van der Waals surface area contributed by atoms with Crippen LogP contribution in [0.4, 0.5) is 13.2 Å². The van der Waals surface area contributed by atoms with Crippen LogP contribution >= 0.6 is 0 Å². The summed E-state index contributed by atoms with van der Waals surface area (Å²) < 4.78 is 49.5. The molecule has 0 saturated heterocycles. The Morgan fingerprint density at radius 3 is 2.61 bits per heavy atom. The highest BCUT2D eigenvalue weighted by atomic mass is 19.4. The smallest absolute Gasteiger partial charge is 0.416 e. The molecule has 6 nitrogen and oxygen atoms in total. The predicted octanol–water partition coefficient (Wildman–Crippen LogP) is 3.95. The summed E-state index contributed by atoms with van der Waals surface area (Å²) in [6.45, 7) is 2.35. The second-order valence-corrected chi connectivity index (χ2v) is 5.94. The molecule has 0 amide bonds. The highest BCUT2D eigenvalue weighted by Crippen LogP contribution is 2.33. The Kier molecular flexibility index (Phi) is 5.55. The molecule has 148 valence electrons. The van der Waals surface area contributed by atoms with E-state index in [2.05, 4.69) is 15.2 Å². The molecule has 0 radical (unpaired) electrons. The second-order valence-electron chi connectivity index (χ2n) is 5.94. The fourth-order valence-electron chi connectivity index (χ4n) is 2.69. The van der Waals surface area contributed by atoms with Crippen LogP contribution in [0.3, 0.4) is 0 Å². The number of methoxy groups -OCH3 is 1. The first-order chi connectivity index (χ1) is 13.3. The van der Waals surface area contributed by atoms with Crippen molar-refractivity contribution in [1.29, 1.82) is 0 Å². The van der Waals surface area contributed by atoms with Crippen LogP contribution in [0, 0.1) is 0 Å². The van der Waals surface area contributed by atoms with Gasteiger partial charge in [0.05, 0.1) is 25.3 Å². The molecule has 1 heterocycles. The molecule has 0 aliphatic heterocycles. The van der Waals surface area contributed by atoms with Gasteiger partial charge in [-0.25, -0.2) is 4.98 Å². The van der Waals surface area contributed by atoms with Gasteiger partial charge in [0.1, 0.15) is 5.82 Å². The molecule has 0 aliphatic carbocycles. The number of hydrogen-bond acceptors (Lipinski definition) is 5. The lowest BCUT2D eigenvalue weighted by Crippen LogP contribution is -2.14. The Morgan fingerprint density at radius 1 is 1.14 bits per heavy atom. The second kappa shape index (κ2) is 7.89. The number of ether oxygens (including phenoxy) is 2. The number of benzene rings is 2. The standard InChI is InChI=1S/C19H19F3N4O2/c1-3-28-14-8-7-11(10-15(14)27-2)16(23)18-24-17(25-26-18)12-5-4-6-13(9-12)19(20,21)22/h4-10,16H,3,23H2,1-2H3,(H,24,25,26). The van der Waals surface area contributed by atoms with Gasteiger partial charge in [-0.2, -0.15) is 18.3 Å². The first-order valence-electron chi connectivity index (χ1n) is 8.49. The normalized spacial score (nSPS) is 12.6. The molecule has 0 fully saturated rings. The molecule has 0 saturated carbocycles. The number of nitrogens with zero attached hydrogens (tertiary/aromatic N) is 2. The van der Waals surface area contributed by atoms with Crippen molar-refractivity contribution in [2.75, 3.05) is 13.7 Å². The van der Waals surface area contributed by atoms with E-state index in [9.17, 15) is 13.2 Å². The van der Waals surface area contributed by atoms with Crippen LogP contribution < -0.4 is 15.2 Å². The lowest BCUT2D eigenvalue weighted by Gasteiger charge is -2.13. The Morgan fingerprint density at radius 2 is 1.93 bits per heavy atom. The van der Waals surface area contributed by atoms with Crippen LogP contribution in [-0.2, 0) is 6.18 Å². The molecule has 2 aromatic carbocycles. The number of nitrogens with two attached hydrogens (primary N) is 1. The first kappa shape index (κ1) is 19.7. The van der Waals surface area contributed by atoms with Crippen molar-refractivity contribution >= 4 is 0 Å². The van der Waals surface area contributed by atoms with Gasteiger partial charge >= 0.3 is 6.18 Å². The lowest BCUT2D eigenvalue weighted by atomic mass is 10.1. The molecule has 1 unspecified atom stereocenters. The van der Waals surface area contributed by atoms with Crippen molar-refractivity contribution in [3.05, 3.63) is 59.4 Å². The van der Waals surface area contributed by atoms with Crippen molar-refractivity contribution in [3.8, 4) is 22.9 Å². The average Bonchev–Trinajstić information content (AvgIpc) is 3.17. The van der Waals surface area contributed by atoms with Crippen molar-refractivity contribution in [2.45, 2.75) is 19.1 Å². The van der Waals surface area contributed by atoms with Crippen molar-refractivity contribution in [3.63, 3.8) is 0 Å². The molecule has 0 aliphatic rings. The number of alkyl halides is 3. The lowest BCUT2D eigenvalue weighted by molar-refractivity contribution is -0.137. The van der Waals surface area contributed by atoms with Gasteiger partial charge in [-0.1, -0.05) is 18.2 Å². The molecular weight excluding hydrogens is 373 g/mol. The summed E-state index contributed by atoms with van der Waals surface area (Å²) >= 11 is 0. The number of aromatic amines is 1. The monoisotopic (exact) mass is 392 g/mol. The third-order valence-corrected chi connectivity index (χ3v) is 4.09. The molecule has 0 spiro atoms. The summed E-state index contributed by atoms with van der Waals surface area (Å²) in [5.74, 6) is 1.56. The zero-order valence-electron chi connectivity index (χ0n) is 15.2. The van der Waals surface area contributed by atoms with Gasteiger partial charge in [0.25, 0.3) is 0 Å². The fraction of sp³-hybridized carbons (Fsp3) is 0.263. The molecule has 1 atom stereocenters. The third kappa shape index (κ3) is 4.09. The molecule has 3 aromatic rings. The van der Waals surface area contributed by atoms with E-state index in [1.165, 1.54) is 19.2 Å². The van der Waals surface area contributed by atoms with Gasteiger partial charge in [0.2, 0.25) is 0 Å². The molecule has 28 heavy (non-hydrogen) atoms. The van der Waals surface area contributed by atoms with E-state index in [4.69, 9.17) is 15.2 Å². The Balaban J connectivity index is 1.88. The fourth-order valence-corrected chi connectivity index (χ4v) is 2.69. The molecule has 3 N–H and O–H groups in total. The minimum Gasteiger partial charge on any atom is -0.493 e. The Bertz CT molecular complexity index is 956. The zero-order valence-corrected chi connectivity index (χ0v) is 15.2. The number of halogens is 3. The van der Waals surface area contributed by atoms with Crippen LogP contribution in [0.5, 0.6) is 11.5 Å².